The van der Waals surface area contributed by atoms with E-state index in [2.05, 4.69) is 85.6 Å². The Kier molecular flexibility index (Phi) is 12.7. The predicted octanol–water partition coefficient (Wildman–Crippen LogP) is 9.88. The summed E-state index contributed by atoms with van der Waals surface area (Å²) in [5.41, 5.74) is 3.28. The summed E-state index contributed by atoms with van der Waals surface area (Å²) >= 11 is 0. The number of benzene rings is 1. The van der Waals surface area contributed by atoms with Crippen molar-refractivity contribution in [3.8, 4) is 5.75 Å². The zero-order valence-electron chi connectivity index (χ0n) is 27.7. The fourth-order valence-electron chi connectivity index (χ4n) is 4.56. The maximum atomic E-state index is 13.0. The molecular weight excluding hydrogens is 564 g/mol. The predicted molar refractivity (Wildman–Crippen MR) is 175 cm³/mol. The highest BCUT2D eigenvalue weighted by molar-refractivity contribution is 6.75. The van der Waals surface area contributed by atoms with Gasteiger partial charge in [0.25, 0.3) is 5.79 Å². The summed E-state index contributed by atoms with van der Waals surface area (Å²) in [6.45, 7) is 21.5. The molecule has 0 radical (unpaired) electrons. The first-order chi connectivity index (χ1) is 19.3. The van der Waals surface area contributed by atoms with E-state index in [-0.39, 0.29) is 22.3 Å². The smallest absolute Gasteiger partial charge is 0.362 e. The molecule has 1 N–H and O–H groups in total. The molecule has 8 heteroatoms. The third-order valence-electron chi connectivity index (χ3n) is 9.27. The van der Waals surface area contributed by atoms with Gasteiger partial charge >= 0.3 is 5.97 Å². The van der Waals surface area contributed by atoms with Gasteiger partial charge in [-0.2, -0.15) is 0 Å². The van der Waals surface area contributed by atoms with Crippen molar-refractivity contribution in [2.45, 2.75) is 122 Å². The summed E-state index contributed by atoms with van der Waals surface area (Å²) in [6.07, 6.45) is 13.7. The van der Waals surface area contributed by atoms with Crippen LogP contribution in [0, 0.1) is 17.7 Å². The van der Waals surface area contributed by atoms with Gasteiger partial charge in [0.2, 0.25) is 0 Å². The summed E-state index contributed by atoms with van der Waals surface area (Å²) < 4.78 is 31.9. The van der Waals surface area contributed by atoms with E-state index in [4.69, 9.17) is 13.6 Å². The first-order valence-electron chi connectivity index (χ1n) is 15.4. The molecule has 1 fully saturated rings. The number of carboxylic acids is 1. The lowest BCUT2D eigenvalue weighted by Gasteiger charge is -2.48. The van der Waals surface area contributed by atoms with Crippen LogP contribution in [0.3, 0.4) is 0 Å². The zero-order valence-corrected chi connectivity index (χ0v) is 29.7. The molecule has 0 aliphatic heterocycles. The molecule has 0 bridgehead atoms. The topological polar surface area (TPSA) is 65.0 Å². The molecule has 1 saturated carbocycles. The van der Waals surface area contributed by atoms with Crippen molar-refractivity contribution in [2.75, 3.05) is 6.61 Å². The van der Waals surface area contributed by atoms with Crippen molar-refractivity contribution in [1.29, 1.82) is 0 Å². The molecule has 42 heavy (non-hydrogen) atoms. The molecule has 0 aromatic heterocycles. The SMILES string of the molecule is CC(C)(C)[Si](C)(C)OC(CC=C=CC[C@H]1CCC[C@@H]1/C=C/CCOc1ccc(F)cc1)(O[Si](C)(C)C(C)(C)C)C(=O)O. The molecule has 2 rings (SSSR count). The fraction of sp³-hybridized carbons (Fsp3) is 0.647. The quantitative estimate of drug-likeness (QED) is 0.0739. The molecule has 0 spiro atoms. The van der Waals surface area contributed by atoms with Gasteiger partial charge in [-0.25, -0.2) is 9.18 Å². The van der Waals surface area contributed by atoms with Gasteiger partial charge in [0.1, 0.15) is 11.6 Å². The van der Waals surface area contributed by atoms with Gasteiger partial charge < -0.3 is 18.7 Å². The normalized spacial score (nSPS) is 18.6. The highest BCUT2D eigenvalue weighted by Crippen LogP contribution is 2.45. The first-order valence-corrected chi connectivity index (χ1v) is 21.2. The van der Waals surface area contributed by atoms with Crippen LogP contribution in [-0.4, -0.2) is 40.1 Å². The second kappa shape index (κ2) is 14.7. The molecule has 1 aromatic carbocycles. The molecule has 0 amide bonds. The number of carboxylic acid groups (broad SMARTS) is 1. The van der Waals surface area contributed by atoms with Crippen LogP contribution in [0.25, 0.3) is 0 Å². The fourth-order valence-corrected chi connectivity index (χ4v) is 7.33. The van der Waals surface area contributed by atoms with Crippen LogP contribution < -0.4 is 4.74 Å². The standard InChI is InChI=1S/C34H55FO5Si2/c1-32(2,3)41(7,8)39-34(31(36)37,40-42(9,10)33(4,5)6)25-14-11-12-17-27-19-16-20-28(27)18-13-15-26-38-30-23-21-29(35)22-24-30/h12-14,18,21-24,27-28H,15-17,19-20,25-26H2,1-10H3,(H,36,37)/b18-13+/t11?,27-,28-/m0/s1. The van der Waals surface area contributed by atoms with Gasteiger partial charge in [0, 0.05) is 6.42 Å². The molecule has 0 saturated heterocycles. The van der Waals surface area contributed by atoms with E-state index in [9.17, 15) is 14.3 Å². The molecule has 0 heterocycles. The van der Waals surface area contributed by atoms with E-state index in [0.29, 0.717) is 24.2 Å². The highest BCUT2D eigenvalue weighted by Gasteiger charge is 2.54. The van der Waals surface area contributed by atoms with E-state index >= 15 is 0 Å². The maximum Gasteiger partial charge on any atom is 0.362 e. The highest BCUT2D eigenvalue weighted by atomic mass is 28.4. The Morgan fingerprint density at radius 1 is 0.976 bits per heavy atom. The monoisotopic (exact) mass is 618 g/mol. The minimum absolute atomic E-state index is 0.111. The second-order valence-electron chi connectivity index (χ2n) is 14.7. The average molecular weight is 619 g/mol. The molecule has 1 aromatic rings. The van der Waals surface area contributed by atoms with E-state index in [1.807, 2.05) is 6.08 Å². The largest absolute Gasteiger partial charge is 0.493 e. The van der Waals surface area contributed by atoms with Crippen LogP contribution in [-0.2, 0) is 13.6 Å². The average Bonchev–Trinajstić information content (AvgIpc) is 3.29. The molecule has 236 valence electrons. The second-order valence-corrected chi connectivity index (χ2v) is 24.1. The Morgan fingerprint density at radius 3 is 2.07 bits per heavy atom. The summed E-state index contributed by atoms with van der Waals surface area (Å²) in [7, 11) is -4.95. The van der Waals surface area contributed by atoms with Crippen LogP contribution in [0.1, 0.15) is 80.1 Å². The number of allylic oxidation sites excluding steroid dienone is 1. The Morgan fingerprint density at radius 2 is 1.55 bits per heavy atom. The number of hydrogen-bond acceptors (Lipinski definition) is 4. The number of carbonyl (C=O) groups is 1. The van der Waals surface area contributed by atoms with Gasteiger partial charge in [-0.15, -0.1) is 5.73 Å². The van der Waals surface area contributed by atoms with Crippen LogP contribution in [0.15, 0.2) is 54.3 Å². The number of halogens is 1. The van der Waals surface area contributed by atoms with Crippen LogP contribution >= 0.6 is 0 Å². The van der Waals surface area contributed by atoms with Crippen molar-refractivity contribution in [3.05, 3.63) is 60.1 Å². The van der Waals surface area contributed by atoms with E-state index < -0.39 is 28.4 Å². The summed E-state index contributed by atoms with van der Waals surface area (Å²) in [5, 5.41) is 10.2. The third-order valence-corrected chi connectivity index (χ3v) is 18.2. The Balaban J connectivity index is 2.08. The zero-order chi connectivity index (χ0) is 31.8. The van der Waals surface area contributed by atoms with Crippen molar-refractivity contribution in [3.63, 3.8) is 0 Å². The van der Waals surface area contributed by atoms with Gasteiger partial charge in [-0.3, -0.25) is 0 Å². The minimum Gasteiger partial charge on any atom is -0.493 e. The van der Waals surface area contributed by atoms with E-state index in [0.717, 1.165) is 12.8 Å². The number of rotatable bonds is 14. The van der Waals surface area contributed by atoms with E-state index in [1.54, 1.807) is 18.2 Å². The number of aliphatic carboxylic acids is 1. The van der Waals surface area contributed by atoms with Crippen molar-refractivity contribution < 1.29 is 27.9 Å². The number of ether oxygens (including phenoxy) is 1. The molecular formula is C34H55FO5Si2. The lowest BCUT2D eigenvalue weighted by molar-refractivity contribution is -0.191. The van der Waals surface area contributed by atoms with Gasteiger partial charge in [0.05, 0.1) is 6.61 Å². The molecule has 0 unspecified atom stereocenters. The lowest BCUT2D eigenvalue weighted by Crippen LogP contribution is -2.60. The lowest BCUT2D eigenvalue weighted by atomic mass is 9.92. The van der Waals surface area contributed by atoms with Crippen molar-refractivity contribution >= 4 is 22.6 Å². The van der Waals surface area contributed by atoms with Gasteiger partial charge in [0.15, 0.2) is 16.6 Å². The van der Waals surface area contributed by atoms with E-state index in [1.165, 1.54) is 31.4 Å². The Bertz CT molecular complexity index is 1080. The molecule has 5 nitrogen and oxygen atoms in total. The molecule has 1 aliphatic carbocycles. The van der Waals surface area contributed by atoms with Crippen molar-refractivity contribution in [1.82, 2.24) is 0 Å². The van der Waals surface area contributed by atoms with Crippen LogP contribution in [0.5, 0.6) is 5.75 Å². The minimum atomic E-state index is -2.47. The maximum absolute atomic E-state index is 13.0. The molecule has 1 aliphatic rings. The van der Waals surface area contributed by atoms with Crippen molar-refractivity contribution in [2.24, 2.45) is 11.8 Å². The molecule has 2 atom stereocenters. The first kappa shape index (κ1) is 36.2. The summed E-state index contributed by atoms with van der Waals surface area (Å²) in [5.74, 6) is -1.34. The van der Waals surface area contributed by atoms with Gasteiger partial charge in [-0.05, 0) is 110 Å². The summed E-state index contributed by atoms with van der Waals surface area (Å²) in [4.78, 5) is 12.9. The summed E-state index contributed by atoms with van der Waals surface area (Å²) in [6, 6.07) is 6.10. The van der Waals surface area contributed by atoms with Crippen LogP contribution in [0.4, 0.5) is 4.39 Å². The Hall–Kier alpha value is -1.97. The van der Waals surface area contributed by atoms with Crippen LogP contribution in [0.2, 0.25) is 36.3 Å². The Labute approximate surface area is 256 Å². The third kappa shape index (κ3) is 10.3. The van der Waals surface area contributed by atoms with Gasteiger partial charge in [-0.1, -0.05) is 60.1 Å². The number of hydrogen-bond donors (Lipinski definition) is 1.